The molecule has 132 valence electrons. The third kappa shape index (κ3) is 4.56. The van der Waals surface area contributed by atoms with E-state index in [2.05, 4.69) is 43.5 Å². The van der Waals surface area contributed by atoms with E-state index in [1.165, 1.54) is 0 Å². The summed E-state index contributed by atoms with van der Waals surface area (Å²) in [6, 6.07) is 18.5. The van der Waals surface area contributed by atoms with E-state index in [-0.39, 0.29) is 5.75 Å². The molecule has 0 saturated heterocycles. The molecular formula is C20H15BrINO3. The molecule has 0 amide bonds. The van der Waals surface area contributed by atoms with Gasteiger partial charge < -0.3 is 14.6 Å². The number of ether oxygens (including phenoxy) is 2. The average molecular weight is 524 g/mol. The van der Waals surface area contributed by atoms with Crippen molar-refractivity contribution in [2.75, 3.05) is 7.11 Å². The number of hydrogen-bond donors (Lipinski definition) is 1. The van der Waals surface area contributed by atoms with Gasteiger partial charge in [0.05, 0.1) is 16.4 Å². The first-order chi connectivity index (χ1) is 12.6. The molecule has 3 aromatic rings. The van der Waals surface area contributed by atoms with Gasteiger partial charge >= 0.3 is 0 Å². The minimum absolute atomic E-state index is 0.216. The minimum atomic E-state index is 0.216. The molecule has 0 aliphatic carbocycles. The summed E-state index contributed by atoms with van der Waals surface area (Å²) in [7, 11) is 1.61. The summed E-state index contributed by atoms with van der Waals surface area (Å²) in [4.78, 5) is 4.41. The molecule has 0 spiro atoms. The van der Waals surface area contributed by atoms with Crippen LogP contribution in [-0.2, 0) is 0 Å². The molecular weight excluding hydrogens is 509 g/mol. The van der Waals surface area contributed by atoms with Crippen LogP contribution in [-0.4, -0.2) is 18.4 Å². The van der Waals surface area contributed by atoms with Crippen LogP contribution < -0.4 is 9.47 Å². The van der Waals surface area contributed by atoms with Gasteiger partial charge in [0, 0.05) is 16.3 Å². The Morgan fingerprint density at radius 3 is 2.42 bits per heavy atom. The fraction of sp³-hybridized carbons (Fsp3) is 0.0500. The predicted molar refractivity (Wildman–Crippen MR) is 115 cm³/mol. The molecule has 26 heavy (non-hydrogen) atoms. The summed E-state index contributed by atoms with van der Waals surface area (Å²) in [5.74, 6) is 2.23. The molecule has 0 radical (unpaired) electrons. The molecule has 0 aliphatic heterocycles. The maximum atomic E-state index is 10.1. The Morgan fingerprint density at radius 1 is 1.04 bits per heavy atom. The summed E-state index contributed by atoms with van der Waals surface area (Å²) in [6.07, 6.45) is 1.64. The van der Waals surface area contributed by atoms with E-state index in [4.69, 9.17) is 9.47 Å². The molecule has 0 fully saturated rings. The van der Waals surface area contributed by atoms with Gasteiger partial charge in [0.25, 0.3) is 0 Å². The van der Waals surface area contributed by atoms with Gasteiger partial charge in [0.1, 0.15) is 11.5 Å². The van der Waals surface area contributed by atoms with E-state index in [1.807, 2.05) is 60.7 Å². The van der Waals surface area contributed by atoms with E-state index in [0.717, 1.165) is 13.7 Å². The molecule has 0 aliphatic rings. The highest BCUT2D eigenvalue weighted by Crippen LogP contribution is 2.32. The third-order valence-corrected chi connectivity index (χ3v) is 4.82. The van der Waals surface area contributed by atoms with Crippen LogP contribution in [0.5, 0.6) is 23.0 Å². The van der Waals surface area contributed by atoms with Gasteiger partial charge in [-0.3, -0.25) is 4.99 Å². The highest BCUT2D eigenvalue weighted by Gasteiger charge is 2.06. The zero-order chi connectivity index (χ0) is 18.5. The van der Waals surface area contributed by atoms with Crippen LogP contribution in [0.1, 0.15) is 5.56 Å². The molecule has 0 bridgehead atoms. The van der Waals surface area contributed by atoms with Crippen LogP contribution in [0.3, 0.4) is 0 Å². The average Bonchev–Trinajstić information content (AvgIpc) is 2.65. The van der Waals surface area contributed by atoms with Crippen molar-refractivity contribution in [1.29, 1.82) is 0 Å². The van der Waals surface area contributed by atoms with Crippen LogP contribution in [0.25, 0.3) is 0 Å². The highest BCUT2D eigenvalue weighted by molar-refractivity contribution is 14.1. The van der Waals surface area contributed by atoms with Crippen molar-refractivity contribution in [3.63, 3.8) is 0 Å². The van der Waals surface area contributed by atoms with Gasteiger partial charge in [0.2, 0.25) is 0 Å². The lowest BCUT2D eigenvalue weighted by atomic mass is 10.2. The first-order valence-electron chi connectivity index (χ1n) is 7.70. The van der Waals surface area contributed by atoms with E-state index in [0.29, 0.717) is 22.8 Å². The fourth-order valence-corrected chi connectivity index (χ4v) is 3.81. The zero-order valence-corrected chi connectivity index (χ0v) is 17.6. The van der Waals surface area contributed by atoms with Gasteiger partial charge in [0.15, 0.2) is 11.5 Å². The molecule has 0 saturated carbocycles. The highest BCUT2D eigenvalue weighted by atomic mass is 127. The molecule has 4 nitrogen and oxygen atoms in total. The summed E-state index contributed by atoms with van der Waals surface area (Å²) >= 11 is 5.50. The third-order valence-electron chi connectivity index (χ3n) is 3.54. The standard InChI is InChI=1S/C20H15BrINO3/c1-25-18-4-2-3-5-19(18)26-16-8-6-15(7-9-16)23-12-13-10-14(21)11-17(22)20(13)24/h2-12,24H,1H3. The molecule has 6 heteroatoms. The van der Waals surface area contributed by atoms with Crippen molar-refractivity contribution in [2.24, 2.45) is 4.99 Å². The topological polar surface area (TPSA) is 51.0 Å². The predicted octanol–water partition coefficient (Wildman–Crippen LogP) is 6.31. The number of hydrogen-bond acceptors (Lipinski definition) is 4. The van der Waals surface area contributed by atoms with Crippen molar-refractivity contribution < 1.29 is 14.6 Å². The van der Waals surface area contributed by atoms with Gasteiger partial charge in [-0.2, -0.15) is 0 Å². The largest absolute Gasteiger partial charge is 0.506 e. The van der Waals surface area contributed by atoms with Crippen molar-refractivity contribution in [1.82, 2.24) is 0 Å². The normalized spacial score (nSPS) is 10.9. The van der Waals surface area contributed by atoms with Gasteiger partial charge in [-0.25, -0.2) is 0 Å². The second kappa shape index (κ2) is 8.55. The van der Waals surface area contributed by atoms with Gasteiger partial charge in [-0.05, 0) is 71.1 Å². The smallest absolute Gasteiger partial charge is 0.169 e. The second-order valence-electron chi connectivity index (χ2n) is 5.33. The van der Waals surface area contributed by atoms with Crippen LogP contribution in [0.4, 0.5) is 5.69 Å². The quantitative estimate of drug-likeness (QED) is 0.315. The number of benzene rings is 3. The molecule has 0 heterocycles. The summed E-state index contributed by atoms with van der Waals surface area (Å²) in [5.41, 5.74) is 1.41. The molecule has 0 aromatic heterocycles. The maximum absolute atomic E-state index is 10.1. The Kier molecular flexibility index (Phi) is 6.16. The SMILES string of the molecule is COc1ccccc1Oc1ccc(N=Cc2cc(Br)cc(I)c2O)cc1. The molecule has 0 unspecified atom stereocenters. The molecule has 0 atom stereocenters. The van der Waals surface area contributed by atoms with E-state index in [1.54, 1.807) is 13.3 Å². The Bertz CT molecular complexity index is 942. The lowest BCUT2D eigenvalue weighted by Crippen LogP contribution is -1.89. The number of phenols is 1. The zero-order valence-electron chi connectivity index (χ0n) is 13.8. The van der Waals surface area contributed by atoms with Crippen LogP contribution >= 0.6 is 38.5 Å². The lowest BCUT2D eigenvalue weighted by Gasteiger charge is -2.09. The number of nitrogens with zero attached hydrogens (tertiary/aromatic N) is 1. The Labute approximate surface area is 173 Å². The number of halogens is 2. The van der Waals surface area contributed by atoms with Crippen molar-refractivity contribution >= 4 is 50.4 Å². The fourth-order valence-electron chi connectivity index (χ4n) is 2.26. The van der Waals surface area contributed by atoms with Crippen LogP contribution in [0, 0.1) is 3.57 Å². The van der Waals surface area contributed by atoms with E-state index < -0.39 is 0 Å². The van der Waals surface area contributed by atoms with Crippen LogP contribution in [0.2, 0.25) is 0 Å². The monoisotopic (exact) mass is 523 g/mol. The van der Waals surface area contributed by atoms with Crippen molar-refractivity contribution in [2.45, 2.75) is 0 Å². The summed E-state index contributed by atoms with van der Waals surface area (Å²) < 4.78 is 12.8. The number of para-hydroxylation sites is 2. The van der Waals surface area contributed by atoms with Crippen molar-refractivity contribution in [3.05, 3.63) is 74.3 Å². The van der Waals surface area contributed by atoms with E-state index >= 15 is 0 Å². The second-order valence-corrected chi connectivity index (χ2v) is 7.41. The molecule has 3 rings (SSSR count). The minimum Gasteiger partial charge on any atom is -0.506 e. The Hall–Kier alpha value is -2.06. The van der Waals surface area contributed by atoms with Gasteiger partial charge in [-0.1, -0.05) is 28.1 Å². The summed E-state index contributed by atoms with van der Waals surface area (Å²) in [6.45, 7) is 0. The first-order valence-corrected chi connectivity index (χ1v) is 9.57. The summed E-state index contributed by atoms with van der Waals surface area (Å²) in [5, 5.41) is 10.1. The first kappa shape index (κ1) is 18.7. The molecule has 1 N–H and O–H groups in total. The molecule has 3 aromatic carbocycles. The number of aromatic hydroxyl groups is 1. The number of methoxy groups -OCH3 is 1. The van der Waals surface area contributed by atoms with E-state index in [9.17, 15) is 5.11 Å². The maximum Gasteiger partial charge on any atom is 0.169 e. The van der Waals surface area contributed by atoms with Crippen LogP contribution in [0.15, 0.2) is 70.1 Å². The number of aliphatic imine (C=N–C) groups is 1. The lowest BCUT2D eigenvalue weighted by molar-refractivity contribution is 0.379. The number of phenolic OH excluding ortho intramolecular Hbond substituents is 1. The Balaban J connectivity index is 1.76. The van der Waals surface area contributed by atoms with Gasteiger partial charge in [-0.15, -0.1) is 0 Å². The Morgan fingerprint density at radius 2 is 1.73 bits per heavy atom. The van der Waals surface area contributed by atoms with Crippen molar-refractivity contribution in [3.8, 4) is 23.0 Å². The number of rotatable bonds is 5.